The Morgan fingerprint density at radius 3 is 2.58 bits per heavy atom. The molecule has 0 aliphatic rings. The van der Waals surface area contributed by atoms with Crippen LogP contribution >= 0.6 is 11.3 Å². The van der Waals surface area contributed by atoms with Crippen molar-refractivity contribution in [3.63, 3.8) is 0 Å². The van der Waals surface area contributed by atoms with E-state index in [2.05, 4.69) is 44.8 Å². The van der Waals surface area contributed by atoms with Gasteiger partial charge in [-0.2, -0.15) is 0 Å². The fourth-order valence-electron chi connectivity index (χ4n) is 2.51. The van der Waals surface area contributed by atoms with Crippen LogP contribution < -0.4 is 4.74 Å². The van der Waals surface area contributed by atoms with E-state index >= 15 is 0 Å². The first-order valence-electron chi connectivity index (χ1n) is 8.18. The van der Waals surface area contributed by atoms with Crippen LogP contribution in [0.3, 0.4) is 0 Å². The molecule has 4 nitrogen and oxygen atoms in total. The van der Waals surface area contributed by atoms with Crippen molar-refractivity contribution in [3.8, 4) is 5.75 Å². The van der Waals surface area contributed by atoms with Crippen LogP contribution in [0, 0.1) is 6.92 Å². The molecule has 0 saturated carbocycles. The van der Waals surface area contributed by atoms with Gasteiger partial charge in [0.1, 0.15) is 10.6 Å². The molecule has 1 aromatic heterocycles. The number of carbonyl (C=O) groups is 1. The van der Waals surface area contributed by atoms with Crippen LogP contribution in [0.4, 0.5) is 0 Å². The third-order valence-electron chi connectivity index (χ3n) is 3.87. The van der Waals surface area contributed by atoms with E-state index < -0.39 is 5.97 Å². The van der Waals surface area contributed by atoms with E-state index in [-0.39, 0.29) is 5.41 Å². The van der Waals surface area contributed by atoms with Gasteiger partial charge in [0.05, 0.1) is 17.3 Å². The van der Waals surface area contributed by atoms with Gasteiger partial charge in [0.15, 0.2) is 0 Å². The van der Waals surface area contributed by atoms with Crippen molar-refractivity contribution in [2.45, 2.75) is 52.9 Å². The van der Waals surface area contributed by atoms with Gasteiger partial charge in [0.2, 0.25) is 0 Å². The molecule has 2 rings (SSSR count). The van der Waals surface area contributed by atoms with Crippen molar-refractivity contribution in [1.29, 1.82) is 0 Å². The highest BCUT2D eigenvalue weighted by atomic mass is 32.1. The van der Waals surface area contributed by atoms with E-state index in [0.717, 1.165) is 17.2 Å². The lowest BCUT2D eigenvalue weighted by atomic mass is 9.85. The topological polar surface area (TPSA) is 59.4 Å². The van der Waals surface area contributed by atoms with Gasteiger partial charge in [0.25, 0.3) is 0 Å². The molecule has 0 atom stereocenters. The summed E-state index contributed by atoms with van der Waals surface area (Å²) < 4.78 is 6.00. The molecule has 0 aliphatic heterocycles. The number of aryl methyl sites for hydroxylation is 2. The van der Waals surface area contributed by atoms with Crippen LogP contribution in [-0.2, 0) is 18.3 Å². The molecule has 0 amide bonds. The number of aromatic nitrogens is 1. The molecular formula is C19H25NO3S. The van der Waals surface area contributed by atoms with E-state index in [9.17, 15) is 4.79 Å². The number of carboxylic acids is 1. The van der Waals surface area contributed by atoms with Crippen LogP contribution in [0.2, 0.25) is 0 Å². The number of carboxylic acid groups (broad SMARTS) is 1. The molecule has 5 heteroatoms. The zero-order chi connectivity index (χ0) is 17.9. The number of hydrogen-bond donors (Lipinski definition) is 1. The van der Waals surface area contributed by atoms with Crippen LogP contribution in [0.5, 0.6) is 5.75 Å². The largest absolute Gasteiger partial charge is 0.493 e. The Morgan fingerprint density at radius 1 is 1.33 bits per heavy atom. The third kappa shape index (κ3) is 4.35. The molecular weight excluding hydrogens is 322 g/mol. The summed E-state index contributed by atoms with van der Waals surface area (Å²) in [6, 6.07) is 6.35. The molecule has 0 unspecified atom stereocenters. The average Bonchev–Trinajstić information content (AvgIpc) is 2.87. The summed E-state index contributed by atoms with van der Waals surface area (Å²) in [5.41, 5.74) is 3.08. The third-order valence-corrected chi connectivity index (χ3v) is 5.07. The molecule has 24 heavy (non-hydrogen) atoms. The molecule has 0 radical (unpaired) electrons. The predicted octanol–water partition coefficient (Wildman–Crippen LogP) is 4.63. The fourth-order valence-corrected chi connectivity index (χ4v) is 3.40. The van der Waals surface area contributed by atoms with Gasteiger partial charge in [-0.3, -0.25) is 0 Å². The molecule has 2 aromatic rings. The molecule has 0 spiro atoms. The van der Waals surface area contributed by atoms with Crippen molar-refractivity contribution in [2.75, 3.05) is 6.61 Å². The SMILES string of the molecule is CCc1ccc(OCCc2nc(C)c(C(=O)O)s2)c(C(C)(C)C)c1. The second-order valence-electron chi connectivity index (χ2n) is 6.86. The van der Waals surface area contributed by atoms with Gasteiger partial charge in [-0.15, -0.1) is 11.3 Å². The maximum atomic E-state index is 11.1. The maximum Gasteiger partial charge on any atom is 0.347 e. The first kappa shape index (κ1) is 18.5. The Labute approximate surface area is 147 Å². The molecule has 1 aromatic carbocycles. The van der Waals surface area contributed by atoms with E-state index in [4.69, 9.17) is 9.84 Å². The van der Waals surface area contributed by atoms with Gasteiger partial charge in [-0.05, 0) is 36.0 Å². The lowest BCUT2D eigenvalue weighted by Crippen LogP contribution is -2.15. The smallest absolute Gasteiger partial charge is 0.347 e. The highest BCUT2D eigenvalue weighted by molar-refractivity contribution is 7.13. The number of ether oxygens (including phenoxy) is 1. The number of rotatable bonds is 6. The summed E-state index contributed by atoms with van der Waals surface area (Å²) in [6.45, 7) is 10.9. The second kappa shape index (κ2) is 7.34. The number of hydrogen-bond acceptors (Lipinski definition) is 4. The molecule has 130 valence electrons. The maximum absolute atomic E-state index is 11.1. The van der Waals surface area contributed by atoms with E-state index in [1.807, 2.05) is 6.07 Å². The summed E-state index contributed by atoms with van der Waals surface area (Å²) in [7, 11) is 0. The second-order valence-corrected chi connectivity index (χ2v) is 7.94. The lowest BCUT2D eigenvalue weighted by Gasteiger charge is -2.23. The quantitative estimate of drug-likeness (QED) is 0.827. The van der Waals surface area contributed by atoms with Crippen LogP contribution in [-0.4, -0.2) is 22.7 Å². The van der Waals surface area contributed by atoms with E-state index in [1.54, 1.807) is 6.92 Å². The van der Waals surface area contributed by atoms with Gasteiger partial charge >= 0.3 is 5.97 Å². The summed E-state index contributed by atoms with van der Waals surface area (Å²) in [4.78, 5) is 15.7. The summed E-state index contributed by atoms with van der Waals surface area (Å²) in [5.74, 6) is -0.0197. The van der Waals surface area contributed by atoms with Crippen molar-refractivity contribution in [2.24, 2.45) is 0 Å². The van der Waals surface area contributed by atoms with E-state index in [0.29, 0.717) is 23.6 Å². The monoisotopic (exact) mass is 347 g/mol. The Hall–Kier alpha value is -1.88. The van der Waals surface area contributed by atoms with Crippen molar-refractivity contribution in [3.05, 3.63) is 44.9 Å². The number of thiazole rings is 1. The molecule has 1 N–H and O–H groups in total. The minimum Gasteiger partial charge on any atom is -0.493 e. The first-order chi connectivity index (χ1) is 11.2. The zero-order valence-corrected chi connectivity index (χ0v) is 15.8. The number of nitrogens with zero attached hydrogens (tertiary/aromatic N) is 1. The minimum atomic E-state index is -0.914. The highest BCUT2D eigenvalue weighted by Gasteiger charge is 2.20. The zero-order valence-electron chi connectivity index (χ0n) is 15.0. The molecule has 0 bridgehead atoms. The molecule has 0 fully saturated rings. The van der Waals surface area contributed by atoms with E-state index in [1.165, 1.54) is 22.5 Å². The molecule has 1 heterocycles. The van der Waals surface area contributed by atoms with Crippen LogP contribution in [0.25, 0.3) is 0 Å². The van der Waals surface area contributed by atoms with Gasteiger partial charge in [-0.1, -0.05) is 39.8 Å². The Balaban J connectivity index is 2.09. The number of benzene rings is 1. The standard InChI is InChI=1S/C19H25NO3S/c1-6-13-7-8-15(14(11-13)19(3,4)5)23-10-9-16-20-12(2)17(24-16)18(21)22/h7-8,11H,6,9-10H2,1-5H3,(H,21,22). The van der Waals surface area contributed by atoms with Crippen molar-refractivity contribution < 1.29 is 14.6 Å². The summed E-state index contributed by atoms with van der Waals surface area (Å²) in [6.07, 6.45) is 1.61. The average molecular weight is 347 g/mol. The minimum absolute atomic E-state index is 0.00869. The Bertz CT molecular complexity index is 729. The Kier molecular flexibility index (Phi) is 5.65. The highest BCUT2D eigenvalue weighted by Crippen LogP contribution is 2.32. The summed E-state index contributed by atoms with van der Waals surface area (Å²) >= 11 is 1.23. The van der Waals surface area contributed by atoms with Gasteiger partial charge in [0, 0.05) is 6.42 Å². The number of aromatic carboxylic acids is 1. The first-order valence-corrected chi connectivity index (χ1v) is 8.99. The predicted molar refractivity (Wildman–Crippen MR) is 97.5 cm³/mol. The van der Waals surface area contributed by atoms with Crippen LogP contribution in [0.15, 0.2) is 18.2 Å². The van der Waals surface area contributed by atoms with Crippen molar-refractivity contribution >= 4 is 17.3 Å². The lowest BCUT2D eigenvalue weighted by molar-refractivity contribution is 0.0701. The van der Waals surface area contributed by atoms with Gasteiger partial charge < -0.3 is 9.84 Å². The fraction of sp³-hybridized carbons (Fsp3) is 0.474. The Morgan fingerprint density at radius 2 is 2.04 bits per heavy atom. The van der Waals surface area contributed by atoms with Crippen LogP contribution in [0.1, 0.15) is 59.2 Å². The summed E-state index contributed by atoms with van der Waals surface area (Å²) in [5, 5.41) is 9.90. The molecule has 0 saturated heterocycles. The van der Waals surface area contributed by atoms with Crippen molar-refractivity contribution in [1.82, 2.24) is 4.98 Å². The van der Waals surface area contributed by atoms with Gasteiger partial charge in [-0.25, -0.2) is 9.78 Å². The normalized spacial score (nSPS) is 11.5. The molecule has 0 aliphatic carbocycles.